The first-order valence-corrected chi connectivity index (χ1v) is 8.01. The highest BCUT2D eigenvalue weighted by molar-refractivity contribution is 5.96. The number of ether oxygens (including phenoxy) is 1. The largest absolute Gasteiger partial charge is 0.452 e. The molecule has 0 bridgehead atoms. The quantitative estimate of drug-likeness (QED) is 0.837. The van der Waals surface area contributed by atoms with Gasteiger partial charge in [-0.1, -0.05) is 38.1 Å². The maximum atomic E-state index is 12.0. The van der Waals surface area contributed by atoms with Crippen LogP contribution in [0.5, 0.6) is 0 Å². The third-order valence-corrected chi connectivity index (χ3v) is 4.03. The lowest BCUT2D eigenvalue weighted by atomic mass is 10.0. The van der Waals surface area contributed by atoms with Crippen LogP contribution in [0.1, 0.15) is 46.8 Å². The third-order valence-electron chi connectivity index (χ3n) is 4.03. The minimum absolute atomic E-state index is 0.307. The van der Waals surface area contributed by atoms with Gasteiger partial charge in [0.15, 0.2) is 6.61 Å². The van der Waals surface area contributed by atoms with Gasteiger partial charge in [-0.05, 0) is 54.7 Å². The van der Waals surface area contributed by atoms with E-state index in [1.807, 2.05) is 44.2 Å². The second-order valence-electron chi connectivity index (χ2n) is 6.15. The van der Waals surface area contributed by atoms with Gasteiger partial charge in [-0.15, -0.1) is 0 Å². The fourth-order valence-electron chi connectivity index (χ4n) is 2.29. The van der Waals surface area contributed by atoms with Crippen molar-refractivity contribution in [1.29, 1.82) is 0 Å². The Labute approximate surface area is 142 Å². The number of carbonyl (C=O) groups is 2. The smallest absolute Gasteiger partial charge is 0.338 e. The summed E-state index contributed by atoms with van der Waals surface area (Å²) in [5.74, 6) is -0.448. The Morgan fingerprint density at radius 2 is 1.71 bits per heavy atom. The monoisotopic (exact) mass is 325 g/mol. The van der Waals surface area contributed by atoms with E-state index >= 15 is 0 Å². The Bertz CT molecular complexity index is 733. The summed E-state index contributed by atoms with van der Waals surface area (Å²) < 4.78 is 5.08. The van der Waals surface area contributed by atoms with Crippen molar-refractivity contribution in [1.82, 2.24) is 0 Å². The molecule has 4 heteroatoms. The zero-order valence-electron chi connectivity index (χ0n) is 14.6. The van der Waals surface area contributed by atoms with Crippen LogP contribution in [0.3, 0.4) is 0 Å². The second-order valence-corrected chi connectivity index (χ2v) is 6.15. The molecule has 1 amide bonds. The molecule has 1 N–H and O–H groups in total. The van der Waals surface area contributed by atoms with E-state index < -0.39 is 5.97 Å². The molecule has 0 aromatic heterocycles. The lowest BCUT2D eigenvalue weighted by Crippen LogP contribution is -2.21. The van der Waals surface area contributed by atoms with Crippen LogP contribution < -0.4 is 5.32 Å². The Morgan fingerprint density at radius 3 is 2.33 bits per heavy atom. The van der Waals surface area contributed by atoms with Gasteiger partial charge < -0.3 is 10.1 Å². The van der Waals surface area contributed by atoms with Crippen molar-refractivity contribution >= 4 is 17.6 Å². The maximum absolute atomic E-state index is 12.0. The molecule has 0 heterocycles. The molecule has 0 aliphatic heterocycles. The molecule has 0 fully saturated rings. The summed E-state index contributed by atoms with van der Waals surface area (Å²) in [4.78, 5) is 24.0. The van der Waals surface area contributed by atoms with Crippen LogP contribution >= 0.6 is 0 Å². The number of rotatable bonds is 5. The van der Waals surface area contributed by atoms with Gasteiger partial charge in [0.25, 0.3) is 5.91 Å². The predicted octanol–water partition coefficient (Wildman–Crippen LogP) is 4.22. The predicted molar refractivity (Wildman–Crippen MR) is 95.4 cm³/mol. The Hall–Kier alpha value is -2.62. The number of hydrogen-bond donors (Lipinski definition) is 1. The van der Waals surface area contributed by atoms with Crippen LogP contribution in [0.15, 0.2) is 42.5 Å². The molecule has 0 atom stereocenters. The minimum Gasteiger partial charge on any atom is -0.452 e. The Balaban J connectivity index is 1.91. The molecule has 24 heavy (non-hydrogen) atoms. The summed E-state index contributed by atoms with van der Waals surface area (Å²) >= 11 is 0. The van der Waals surface area contributed by atoms with Crippen molar-refractivity contribution in [3.8, 4) is 0 Å². The maximum Gasteiger partial charge on any atom is 0.338 e. The standard InChI is InChI=1S/C20H23NO3/c1-13(2)16-8-10-17(11-9-16)20(23)24-12-19(22)21-18-7-5-6-14(3)15(18)4/h5-11,13H,12H2,1-4H3,(H,21,22). The number of amides is 1. The fourth-order valence-corrected chi connectivity index (χ4v) is 2.29. The molecule has 0 radical (unpaired) electrons. The molecule has 0 unspecified atom stereocenters. The van der Waals surface area contributed by atoms with E-state index in [1.54, 1.807) is 12.1 Å². The molecule has 0 saturated heterocycles. The molecule has 2 rings (SSSR count). The van der Waals surface area contributed by atoms with Gasteiger partial charge >= 0.3 is 5.97 Å². The van der Waals surface area contributed by atoms with E-state index in [9.17, 15) is 9.59 Å². The van der Waals surface area contributed by atoms with Gasteiger partial charge in [0.05, 0.1) is 5.56 Å². The zero-order chi connectivity index (χ0) is 17.7. The SMILES string of the molecule is Cc1cccc(NC(=O)COC(=O)c2ccc(C(C)C)cc2)c1C. The minimum atomic E-state index is -0.499. The van der Waals surface area contributed by atoms with Crippen LogP contribution in [0.2, 0.25) is 0 Å². The van der Waals surface area contributed by atoms with Gasteiger partial charge in [0, 0.05) is 5.69 Å². The third kappa shape index (κ3) is 4.44. The number of anilines is 1. The molecule has 2 aromatic carbocycles. The molecule has 0 aliphatic carbocycles. The summed E-state index contributed by atoms with van der Waals surface area (Å²) in [6.07, 6.45) is 0. The average molecular weight is 325 g/mol. The highest BCUT2D eigenvalue weighted by Gasteiger charge is 2.12. The van der Waals surface area contributed by atoms with Crippen molar-refractivity contribution in [2.45, 2.75) is 33.6 Å². The number of hydrogen-bond acceptors (Lipinski definition) is 3. The van der Waals surface area contributed by atoms with E-state index in [1.165, 1.54) is 0 Å². The highest BCUT2D eigenvalue weighted by Crippen LogP contribution is 2.18. The number of nitrogens with one attached hydrogen (secondary N) is 1. The van der Waals surface area contributed by atoms with E-state index in [2.05, 4.69) is 19.2 Å². The molecule has 2 aromatic rings. The van der Waals surface area contributed by atoms with Crippen LogP contribution in [-0.2, 0) is 9.53 Å². The average Bonchev–Trinajstić information content (AvgIpc) is 2.57. The normalized spacial score (nSPS) is 10.5. The van der Waals surface area contributed by atoms with Gasteiger partial charge in [0.1, 0.15) is 0 Å². The topological polar surface area (TPSA) is 55.4 Å². The van der Waals surface area contributed by atoms with Crippen LogP contribution in [0.4, 0.5) is 5.69 Å². The molecule has 4 nitrogen and oxygen atoms in total. The summed E-state index contributed by atoms with van der Waals surface area (Å²) in [6, 6.07) is 12.9. The summed E-state index contributed by atoms with van der Waals surface area (Å²) in [7, 11) is 0. The van der Waals surface area contributed by atoms with Gasteiger partial charge in [0.2, 0.25) is 0 Å². The number of benzene rings is 2. The summed E-state index contributed by atoms with van der Waals surface area (Å²) in [5.41, 5.74) is 4.42. The molecule has 0 spiro atoms. The summed E-state index contributed by atoms with van der Waals surface area (Å²) in [5, 5.41) is 2.77. The lowest BCUT2D eigenvalue weighted by Gasteiger charge is -2.11. The van der Waals surface area contributed by atoms with Crippen LogP contribution in [0.25, 0.3) is 0 Å². The molecular formula is C20H23NO3. The lowest BCUT2D eigenvalue weighted by molar-refractivity contribution is -0.119. The zero-order valence-corrected chi connectivity index (χ0v) is 14.6. The molecular weight excluding hydrogens is 302 g/mol. The Kier molecular flexibility index (Phi) is 5.74. The van der Waals surface area contributed by atoms with Crippen molar-refractivity contribution in [3.63, 3.8) is 0 Å². The summed E-state index contributed by atoms with van der Waals surface area (Å²) in [6.45, 7) is 7.78. The first-order chi connectivity index (χ1) is 11.4. The fraction of sp³-hybridized carbons (Fsp3) is 0.300. The van der Waals surface area contributed by atoms with Gasteiger partial charge in [-0.25, -0.2) is 4.79 Å². The van der Waals surface area contributed by atoms with Crippen molar-refractivity contribution in [2.75, 3.05) is 11.9 Å². The van der Waals surface area contributed by atoms with Crippen molar-refractivity contribution in [3.05, 3.63) is 64.7 Å². The first-order valence-electron chi connectivity index (χ1n) is 8.01. The second kappa shape index (κ2) is 7.77. The van der Waals surface area contributed by atoms with E-state index in [0.717, 1.165) is 22.4 Å². The van der Waals surface area contributed by atoms with Crippen LogP contribution in [-0.4, -0.2) is 18.5 Å². The van der Waals surface area contributed by atoms with Crippen molar-refractivity contribution < 1.29 is 14.3 Å². The van der Waals surface area contributed by atoms with E-state index in [0.29, 0.717) is 11.5 Å². The number of aryl methyl sites for hydroxylation is 1. The van der Waals surface area contributed by atoms with Crippen molar-refractivity contribution in [2.24, 2.45) is 0 Å². The molecule has 126 valence electrons. The van der Waals surface area contributed by atoms with Gasteiger partial charge in [-0.2, -0.15) is 0 Å². The van der Waals surface area contributed by atoms with Gasteiger partial charge in [-0.3, -0.25) is 4.79 Å². The Morgan fingerprint density at radius 1 is 1.04 bits per heavy atom. The van der Waals surface area contributed by atoms with Crippen LogP contribution in [0, 0.1) is 13.8 Å². The molecule has 0 aliphatic rings. The first kappa shape index (κ1) is 17.7. The number of esters is 1. The highest BCUT2D eigenvalue weighted by atomic mass is 16.5. The van der Waals surface area contributed by atoms with E-state index in [-0.39, 0.29) is 12.5 Å². The van der Waals surface area contributed by atoms with E-state index in [4.69, 9.17) is 4.74 Å². The molecule has 0 saturated carbocycles. The number of carbonyl (C=O) groups excluding carboxylic acids is 2.